The van der Waals surface area contributed by atoms with Gasteiger partial charge in [-0.15, -0.1) is 0 Å². The maximum atomic E-state index is 13.0. The summed E-state index contributed by atoms with van der Waals surface area (Å²) in [5.41, 5.74) is 0.981. The SMILES string of the molecule is CCCCNC(=O)C(CC)N(Cc1ccccc1)C(=O)COc1ccc(I)cc1. The zero-order chi connectivity index (χ0) is 21.1. The first-order valence-electron chi connectivity index (χ1n) is 10.0. The summed E-state index contributed by atoms with van der Waals surface area (Å²) in [6.07, 6.45) is 2.47. The first-order valence-corrected chi connectivity index (χ1v) is 11.1. The summed E-state index contributed by atoms with van der Waals surface area (Å²) in [7, 11) is 0. The van der Waals surface area contributed by atoms with E-state index >= 15 is 0 Å². The number of benzene rings is 2. The van der Waals surface area contributed by atoms with E-state index in [4.69, 9.17) is 4.74 Å². The Labute approximate surface area is 187 Å². The van der Waals surface area contributed by atoms with E-state index in [9.17, 15) is 9.59 Å². The average molecular weight is 508 g/mol. The van der Waals surface area contributed by atoms with Gasteiger partial charge in [-0.2, -0.15) is 0 Å². The normalized spacial score (nSPS) is 11.6. The highest BCUT2D eigenvalue weighted by molar-refractivity contribution is 14.1. The lowest BCUT2D eigenvalue weighted by atomic mass is 10.1. The highest BCUT2D eigenvalue weighted by atomic mass is 127. The molecule has 156 valence electrons. The highest BCUT2D eigenvalue weighted by Gasteiger charge is 2.28. The molecule has 29 heavy (non-hydrogen) atoms. The molecule has 1 unspecified atom stereocenters. The van der Waals surface area contributed by atoms with Crippen LogP contribution in [0.2, 0.25) is 0 Å². The van der Waals surface area contributed by atoms with Crippen molar-refractivity contribution in [3.05, 3.63) is 63.7 Å². The van der Waals surface area contributed by atoms with Crippen molar-refractivity contribution in [2.75, 3.05) is 13.2 Å². The molecule has 2 aromatic carbocycles. The Hall–Kier alpha value is -2.09. The molecule has 0 bridgehead atoms. The second-order valence-electron chi connectivity index (χ2n) is 6.82. The van der Waals surface area contributed by atoms with Crippen LogP contribution in [-0.4, -0.2) is 35.9 Å². The highest BCUT2D eigenvalue weighted by Crippen LogP contribution is 2.16. The fourth-order valence-corrected chi connectivity index (χ4v) is 3.32. The Morgan fingerprint density at radius 1 is 1.07 bits per heavy atom. The lowest BCUT2D eigenvalue weighted by Gasteiger charge is -2.30. The van der Waals surface area contributed by atoms with Gasteiger partial charge in [0.15, 0.2) is 6.61 Å². The number of carbonyl (C=O) groups excluding carboxylic acids is 2. The van der Waals surface area contributed by atoms with Gasteiger partial charge in [0.1, 0.15) is 11.8 Å². The molecule has 6 heteroatoms. The molecule has 5 nitrogen and oxygen atoms in total. The maximum absolute atomic E-state index is 13.0. The molecule has 0 aliphatic carbocycles. The average Bonchev–Trinajstić information content (AvgIpc) is 2.74. The van der Waals surface area contributed by atoms with Gasteiger partial charge in [-0.05, 0) is 65.3 Å². The van der Waals surface area contributed by atoms with Crippen LogP contribution < -0.4 is 10.1 Å². The van der Waals surface area contributed by atoms with Gasteiger partial charge in [-0.1, -0.05) is 50.6 Å². The van der Waals surface area contributed by atoms with Crippen molar-refractivity contribution in [2.45, 2.75) is 45.7 Å². The number of amides is 2. The second kappa shape index (κ2) is 12.5. The van der Waals surface area contributed by atoms with Gasteiger partial charge in [-0.3, -0.25) is 9.59 Å². The van der Waals surface area contributed by atoms with Crippen molar-refractivity contribution in [3.8, 4) is 5.75 Å². The van der Waals surface area contributed by atoms with Crippen LogP contribution in [0, 0.1) is 3.57 Å². The van der Waals surface area contributed by atoms with Gasteiger partial charge in [0.2, 0.25) is 5.91 Å². The first-order chi connectivity index (χ1) is 14.0. The van der Waals surface area contributed by atoms with Gasteiger partial charge in [0.05, 0.1) is 0 Å². The summed E-state index contributed by atoms with van der Waals surface area (Å²) in [4.78, 5) is 27.4. The number of ether oxygens (including phenoxy) is 1. The van der Waals surface area contributed by atoms with Gasteiger partial charge < -0.3 is 15.0 Å². The Bertz CT molecular complexity index is 765. The molecule has 0 radical (unpaired) electrons. The molecule has 0 saturated heterocycles. The molecule has 0 aliphatic heterocycles. The monoisotopic (exact) mass is 508 g/mol. The topological polar surface area (TPSA) is 58.6 Å². The molecule has 0 fully saturated rings. The molecule has 0 spiro atoms. The molecule has 0 saturated carbocycles. The Kier molecular flexibility index (Phi) is 9.97. The molecule has 2 rings (SSSR count). The van der Waals surface area contributed by atoms with Crippen LogP contribution in [0.4, 0.5) is 0 Å². The molecule has 1 N–H and O–H groups in total. The van der Waals surface area contributed by atoms with E-state index in [0.29, 0.717) is 25.3 Å². The van der Waals surface area contributed by atoms with Crippen molar-refractivity contribution in [1.29, 1.82) is 0 Å². The van der Waals surface area contributed by atoms with Crippen LogP contribution in [0.5, 0.6) is 5.75 Å². The minimum Gasteiger partial charge on any atom is -0.484 e. The van der Waals surface area contributed by atoms with Crippen molar-refractivity contribution in [1.82, 2.24) is 10.2 Å². The van der Waals surface area contributed by atoms with E-state index in [-0.39, 0.29) is 18.4 Å². The lowest BCUT2D eigenvalue weighted by Crippen LogP contribution is -2.50. The van der Waals surface area contributed by atoms with Crippen molar-refractivity contribution in [3.63, 3.8) is 0 Å². The minimum atomic E-state index is -0.528. The predicted molar refractivity (Wildman–Crippen MR) is 124 cm³/mol. The quantitative estimate of drug-likeness (QED) is 0.362. The van der Waals surface area contributed by atoms with E-state index in [1.54, 1.807) is 4.90 Å². The smallest absolute Gasteiger partial charge is 0.261 e. The summed E-state index contributed by atoms with van der Waals surface area (Å²) in [6, 6.07) is 16.7. The van der Waals surface area contributed by atoms with Gasteiger partial charge >= 0.3 is 0 Å². The van der Waals surface area contributed by atoms with Crippen molar-refractivity contribution >= 4 is 34.4 Å². The molecule has 2 aromatic rings. The van der Waals surface area contributed by atoms with E-state index < -0.39 is 6.04 Å². The van der Waals surface area contributed by atoms with Crippen LogP contribution in [0.15, 0.2) is 54.6 Å². The minimum absolute atomic E-state index is 0.105. The number of nitrogens with zero attached hydrogens (tertiary/aromatic N) is 1. The van der Waals surface area contributed by atoms with Crippen LogP contribution in [-0.2, 0) is 16.1 Å². The number of hydrogen-bond acceptors (Lipinski definition) is 3. The zero-order valence-corrected chi connectivity index (χ0v) is 19.2. The van der Waals surface area contributed by atoms with Crippen LogP contribution in [0.1, 0.15) is 38.7 Å². The van der Waals surface area contributed by atoms with Crippen LogP contribution in [0.25, 0.3) is 0 Å². The fourth-order valence-electron chi connectivity index (χ4n) is 2.96. The van der Waals surface area contributed by atoms with E-state index in [0.717, 1.165) is 22.0 Å². The first kappa shape index (κ1) is 23.2. The van der Waals surface area contributed by atoms with Crippen LogP contribution >= 0.6 is 22.6 Å². The summed E-state index contributed by atoms with van der Waals surface area (Å²) >= 11 is 2.22. The Balaban J connectivity index is 2.12. The largest absolute Gasteiger partial charge is 0.484 e. The van der Waals surface area contributed by atoms with Crippen LogP contribution in [0.3, 0.4) is 0 Å². The maximum Gasteiger partial charge on any atom is 0.261 e. The van der Waals surface area contributed by atoms with Crippen molar-refractivity contribution in [2.24, 2.45) is 0 Å². The molecule has 0 heterocycles. The number of rotatable bonds is 11. The molecule has 0 aromatic heterocycles. The predicted octanol–water partition coefficient (Wildman–Crippen LogP) is 4.39. The number of unbranched alkanes of at least 4 members (excludes halogenated alkanes) is 1. The van der Waals surface area contributed by atoms with E-state index in [1.165, 1.54) is 0 Å². The second-order valence-corrected chi connectivity index (χ2v) is 8.06. The van der Waals surface area contributed by atoms with E-state index in [1.807, 2.05) is 61.5 Å². The number of halogens is 1. The number of carbonyl (C=O) groups is 2. The van der Waals surface area contributed by atoms with Gasteiger partial charge in [0.25, 0.3) is 5.91 Å². The summed E-state index contributed by atoms with van der Waals surface area (Å²) in [5.74, 6) is 0.322. The fraction of sp³-hybridized carbons (Fsp3) is 0.391. The molecule has 1 atom stereocenters. The number of hydrogen-bond donors (Lipinski definition) is 1. The molecule has 0 aliphatic rings. The lowest BCUT2D eigenvalue weighted by molar-refractivity contribution is -0.143. The van der Waals surface area contributed by atoms with Gasteiger partial charge in [-0.25, -0.2) is 0 Å². The third-order valence-corrected chi connectivity index (χ3v) is 5.31. The third-order valence-electron chi connectivity index (χ3n) is 4.59. The third kappa shape index (κ3) is 7.68. The molecular formula is C23H29IN2O3. The number of nitrogens with one attached hydrogen (secondary N) is 1. The van der Waals surface area contributed by atoms with Gasteiger partial charge in [0, 0.05) is 16.7 Å². The van der Waals surface area contributed by atoms with Crippen molar-refractivity contribution < 1.29 is 14.3 Å². The zero-order valence-electron chi connectivity index (χ0n) is 17.1. The Morgan fingerprint density at radius 2 is 1.76 bits per heavy atom. The molecule has 2 amide bonds. The summed E-state index contributed by atoms with van der Waals surface area (Å²) < 4.78 is 6.79. The molecular weight excluding hydrogens is 479 g/mol. The Morgan fingerprint density at radius 3 is 2.38 bits per heavy atom. The summed E-state index contributed by atoms with van der Waals surface area (Å²) in [5, 5.41) is 2.96. The van der Waals surface area contributed by atoms with E-state index in [2.05, 4.69) is 34.8 Å². The summed E-state index contributed by atoms with van der Waals surface area (Å²) in [6.45, 7) is 4.89. The standard InChI is InChI=1S/C23H29IN2O3/c1-3-5-15-25-23(28)21(4-2)26(16-18-9-7-6-8-10-18)22(27)17-29-20-13-11-19(24)12-14-20/h6-14,21H,3-5,15-17H2,1-2H3,(H,25,28).